The van der Waals surface area contributed by atoms with Gasteiger partial charge in [-0.25, -0.2) is 0 Å². The van der Waals surface area contributed by atoms with E-state index in [1.165, 1.54) is 5.57 Å². The average Bonchev–Trinajstić information content (AvgIpc) is 2.99. The Bertz CT molecular complexity index is 1560. The molecule has 0 spiro atoms. The smallest absolute Gasteiger partial charge is 0.251 e. The zero-order valence-electron chi connectivity index (χ0n) is 29.5. The molecule has 0 heterocycles. The van der Waals surface area contributed by atoms with Crippen LogP contribution in [0.25, 0.3) is 0 Å². The second-order valence-corrected chi connectivity index (χ2v) is 18.7. The van der Waals surface area contributed by atoms with Gasteiger partial charge < -0.3 is 10.6 Å². The molecule has 1 aromatic carbocycles. The van der Waals surface area contributed by atoms with Gasteiger partial charge in [-0.3, -0.25) is 14.4 Å². The summed E-state index contributed by atoms with van der Waals surface area (Å²) in [7, 11) is 0. The minimum Gasteiger partial charge on any atom is -0.354 e. The topological polar surface area (TPSA) is 75.3 Å². The van der Waals surface area contributed by atoms with E-state index in [1.54, 1.807) is 18.2 Å². The Morgan fingerprint density at radius 1 is 0.894 bits per heavy atom. The van der Waals surface area contributed by atoms with Gasteiger partial charge >= 0.3 is 0 Å². The van der Waals surface area contributed by atoms with Crippen LogP contribution in [0.3, 0.4) is 0 Å². The molecule has 1 aromatic rings. The maximum atomic E-state index is 14.4. The number of Topliss-reactive ketones (excluding diaryl/α,β-unsaturated/α-hetero) is 1. The van der Waals surface area contributed by atoms with E-state index >= 15 is 0 Å². The number of fused-ring (bicyclic) bond motifs is 7. The molecule has 4 fully saturated rings. The van der Waals surface area contributed by atoms with Crippen LogP contribution in [0.5, 0.6) is 0 Å². The number of amides is 2. The van der Waals surface area contributed by atoms with Gasteiger partial charge in [-0.05, 0) is 121 Å². The van der Waals surface area contributed by atoms with Crippen molar-refractivity contribution in [2.24, 2.45) is 50.2 Å². The molecular weight excluding hydrogens is 627 g/mol. The van der Waals surface area contributed by atoms with Crippen molar-refractivity contribution in [3.05, 3.63) is 57.6 Å². The van der Waals surface area contributed by atoms with Crippen LogP contribution in [0.15, 0.2) is 42.0 Å². The lowest BCUT2D eigenvalue weighted by molar-refractivity contribution is -0.179. The highest BCUT2D eigenvalue weighted by Crippen LogP contribution is 2.75. The van der Waals surface area contributed by atoms with Crippen molar-refractivity contribution in [3.63, 3.8) is 0 Å². The lowest BCUT2D eigenvalue weighted by Gasteiger charge is -2.70. The molecule has 0 radical (unpaired) electrons. The second kappa shape index (κ2) is 11.5. The van der Waals surface area contributed by atoms with Gasteiger partial charge in [-0.1, -0.05) is 89.9 Å². The minimum atomic E-state index is -0.438. The Morgan fingerprint density at radius 3 is 2.28 bits per heavy atom. The number of nitrogens with one attached hydrogen (secondary N) is 2. The first-order valence-corrected chi connectivity index (χ1v) is 18.5. The summed E-state index contributed by atoms with van der Waals surface area (Å²) < 4.78 is 0. The molecule has 5 nitrogen and oxygen atoms in total. The predicted molar refractivity (Wildman–Crippen MR) is 190 cm³/mol. The highest BCUT2D eigenvalue weighted by atomic mass is 35.5. The molecule has 0 saturated heterocycles. The van der Waals surface area contributed by atoms with Crippen LogP contribution in [-0.2, 0) is 9.59 Å². The highest BCUT2D eigenvalue weighted by Gasteiger charge is 2.69. The Balaban J connectivity index is 1.25. The van der Waals surface area contributed by atoms with Crippen molar-refractivity contribution in [2.75, 3.05) is 13.1 Å². The molecule has 0 bridgehead atoms. The zero-order valence-corrected chi connectivity index (χ0v) is 31.0. The SMILES string of the molecule is C=C1C[C@]2(C)[C@H]3CC=C4[C@@H]5CC(C)(C)CC[C@]5(C(=O)NCCNC(=O)c5ccc(Cl)c(Cl)c5)CC[C@@]4(C)[C@]3(C)CC[C@H]2C(C)(C)C1=O. The van der Waals surface area contributed by atoms with Crippen LogP contribution in [0.4, 0.5) is 0 Å². The number of allylic oxidation sites excluding steroid dienone is 3. The molecule has 5 aliphatic rings. The summed E-state index contributed by atoms with van der Waals surface area (Å²) >= 11 is 12.1. The Morgan fingerprint density at radius 2 is 1.57 bits per heavy atom. The molecule has 0 aliphatic heterocycles. The Kier molecular flexibility index (Phi) is 8.48. The van der Waals surface area contributed by atoms with Crippen molar-refractivity contribution in [1.82, 2.24) is 10.6 Å². The highest BCUT2D eigenvalue weighted by molar-refractivity contribution is 6.42. The van der Waals surface area contributed by atoms with Gasteiger partial charge in [0.15, 0.2) is 5.78 Å². The monoisotopic (exact) mass is 680 g/mol. The maximum Gasteiger partial charge on any atom is 0.251 e. The first-order valence-electron chi connectivity index (χ1n) is 17.8. The van der Waals surface area contributed by atoms with Crippen molar-refractivity contribution in [3.8, 4) is 0 Å². The molecule has 2 amide bonds. The van der Waals surface area contributed by atoms with Crippen molar-refractivity contribution in [2.45, 2.75) is 106 Å². The van der Waals surface area contributed by atoms with Gasteiger partial charge in [-0.2, -0.15) is 0 Å². The van der Waals surface area contributed by atoms with Crippen LogP contribution in [0.2, 0.25) is 10.0 Å². The quantitative estimate of drug-likeness (QED) is 0.185. The van der Waals surface area contributed by atoms with E-state index in [0.29, 0.717) is 40.5 Å². The molecule has 47 heavy (non-hydrogen) atoms. The Hall–Kier alpha value is -2.11. The number of ketones is 1. The van der Waals surface area contributed by atoms with Crippen LogP contribution in [-0.4, -0.2) is 30.7 Å². The van der Waals surface area contributed by atoms with Gasteiger partial charge in [0.05, 0.1) is 15.5 Å². The van der Waals surface area contributed by atoms with Crippen molar-refractivity contribution >= 4 is 40.8 Å². The van der Waals surface area contributed by atoms with Crippen LogP contribution >= 0.6 is 23.2 Å². The molecule has 2 N–H and O–H groups in total. The van der Waals surface area contributed by atoms with Gasteiger partial charge in [0.25, 0.3) is 5.91 Å². The summed E-state index contributed by atoms with van der Waals surface area (Å²) in [5.41, 5.74) is 2.20. The molecule has 5 aliphatic carbocycles. The number of carbonyl (C=O) groups is 3. The minimum absolute atomic E-state index is 0.00742. The maximum absolute atomic E-state index is 14.4. The van der Waals surface area contributed by atoms with Crippen molar-refractivity contribution in [1.29, 1.82) is 0 Å². The third-order valence-corrected chi connectivity index (χ3v) is 15.3. The fraction of sp³-hybridized carbons (Fsp3) is 0.675. The van der Waals surface area contributed by atoms with Gasteiger partial charge in [0.2, 0.25) is 5.91 Å². The van der Waals surface area contributed by atoms with E-state index in [2.05, 4.69) is 71.8 Å². The van der Waals surface area contributed by atoms with E-state index in [9.17, 15) is 14.4 Å². The van der Waals surface area contributed by atoms with E-state index in [1.807, 2.05) is 0 Å². The Labute approximate surface area is 292 Å². The number of hydrogen-bond acceptors (Lipinski definition) is 3. The molecule has 6 rings (SSSR count). The molecule has 0 aromatic heterocycles. The van der Waals surface area contributed by atoms with Gasteiger partial charge in [0.1, 0.15) is 0 Å². The number of carbonyl (C=O) groups excluding carboxylic acids is 3. The third-order valence-electron chi connectivity index (χ3n) is 14.6. The summed E-state index contributed by atoms with van der Waals surface area (Å²) in [6.07, 6.45) is 11.3. The summed E-state index contributed by atoms with van der Waals surface area (Å²) in [5, 5.41) is 6.92. The van der Waals surface area contributed by atoms with E-state index in [4.69, 9.17) is 23.2 Å². The van der Waals surface area contributed by atoms with Crippen LogP contribution in [0, 0.1) is 50.2 Å². The summed E-state index contributed by atoms with van der Waals surface area (Å²) in [4.78, 5) is 40.4. The fourth-order valence-corrected chi connectivity index (χ4v) is 12.2. The second-order valence-electron chi connectivity index (χ2n) is 17.8. The summed E-state index contributed by atoms with van der Waals surface area (Å²) in [6.45, 7) is 21.6. The van der Waals surface area contributed by atoms with E-state index in [-0.39, 0.29) is 50.6 Å². The lowest BCUT2D eigenvalue weighted by Crippen LogP contribution is -2.65. The first-order chi connectivity index (χ1) is 21.8. The molecule has 0 unspecified atom stereocenters. The largest absolute Gasteiger partial charge is 0.354 e. The number of rotatable bonds is 5. The molecule has 4 saturated carbocycles. The summed E-state index contributed by atoms with van der Waals surface area (Å²) in [5.74, 6) is 1.16. The van der Waals surface area contributed by atoms with Gasteiger partial charge in [0, 0.05) is 24.1 Å². The molecule has 7 heteroatoms. The standard InChI is InChI=1S/C40H54Cl2N2O3/c1-24-22-37(6)30(36(4,5)32(24)45)13-14-39(8)31(37)12-10-26-27-23-35(2,3)15-17-40(27,18-16-38(26,39)7)34(47)44-20-19-43-33(46)25-9-11-28(41)29(42)21-25/h9-11,21,27,30-31H,1,12-20,22-23H2,2-8H3,(H,43,46)(H,44,47)/t27-,30-,31+,37-,38+,39+,40-/m0/s1. The molecule has 7 atom stereocenters. The number of halogens is 2. The normalized spacial score (nSPS) is 38.6. The van der Waals surface area contributed by atoms with E-state index < -0.39 is 5.41 Å². The molecular formula is C40H54Cl2N2O3. The van der Waals surface area contributed by atoms with E-state index in [0.717, 1.165) is 63.4 Å². The lowest BCUT2D eigenvalue weighted by atomic mass is 9.33. The fourth-order valence-electron chi connectivity index (χ4n) is 11.9. The molecule has 256 valence electrons. The zero-order chi connectivity index (χ0) is 34.4. The number of benzene rings is 1. The summed E-state index contributed by atoms with van der Waals surface area (Å²) in [6, 6.07) is 4.82. The average molecular weight is 682 g/mol. The van der Waals surface area contributed by atoms with Crippen LogP contribution in [0.1, 0.15) is 117 Å². The first kappa shape index (κ1) is 34.7. The predicted octanol–water partition coefficient (Wildman–Crippen LogP) is 9.38. The van der Waals surface area contributed by atoms with Crippen molar-refractivity contribution < 1.29 is 14.4 Å². The third kappa shape index (κ3) is 5.18. The number of hydrogen-bond donors (Lipinski definition) is 2. The van der Waals surface area contributed by atoms with Gasteiger partial charge in [-0.15, -0.1) is 0 Å². The van der Waals surface area contributed by atoms with Crippen LogP contribution < -0.4 is 10.6 Å².